The van der Waals surface area contributed by atoms with Crippen molar-refractivity contribution in [3.63, 3.8) is 0 Å². The van der Waals surface area contributed by atoms with E-state index in [0.717, 1.165) is 36.0 Å². The third-order valence-electron chi connectivity index (χ3n) is 4.83. The Morgan fingerprint density at radius 1 is 1.03 bits per heavy atom. The molecule has 1 aromatic heterocycles. The van der Waals surface area contributed by atoms with E-state index in [1.165, 1.54) is 6.07 Å². The number of hydrogen-bond donors (Lipinski definition) is 1. The van der Waals surface area contributed by atoms with E-state index in [1.807, 2.05) is 32.9 Å². The molecule has 0 bridgehead atoms. The molecule has 1 amide bonds. The minimum absolute atomic E-state index is 0.0854. The molecule has 3 rings (SSSR count). The summed E-state index contributed by atoms with van der Waals surface area (Å²) in [7, 11) is 0. The van der Waals surface area contributed by atoms with Gasteiger partial charge in [-0.3, -0.25) is 19.9 Å². The van der Waals surface area contributed by atoms with Crippen LogP contribution in [0.1, 0.15) is 42.3 Å². The molecule has 0 saturated carbocycles. The first-order valence-corrected chi connectivity index (χ1v) is 9.61. The summed E-state index contributed by atoms with van der Waals surface area (Å²) < 4.78 is 39.9. The average molecular weight is 443 g/mol. The minimum Gasteiger partial charge on any atom is -0.322 e. The standard InChI is InChI=1S/C23H20F3N3O3/c1-22(2,3)15-7-9-16(10-8-15)28-21(30)17-11-6-14(13-19(17)29(31)32)20-18(23(24,25)26)5-4-12-27-20/h4-13H,1-3H3,(H,28,30). The molecule has 0 radical (unpaired) electrons. The van der Waals surface area contributed by atoms with Crippen LogP contribution in [0.2, 0.25) is 0 Å². The predicted molar refractivity (Wildman–Crippen MR) is 114 cm³/mol. The number of pyridine rings is 1. The monoisotopic (exact) mass is 443 g/mol. The number of nitro groups is 1. The Kier molecular flexibility index (Phi) is 6.03. The summed E-state index contributed by atoms with van der Waals surface area (Å²) in [4.78, 5) is 27.2. The van der Waals surface area contributed by atoms with Crippen LogP contribution < -0.4 is 5.32 Å². The maximum atomic E-state index is 13.3. The van der Waals surface area contributed by atoms with Crippen molar-refractivity contribution in [1.29, 1.82) is 0 Å². The van der Waals surface area contributed by atoms with Crippen molar-refractivity contribution in [3.8, 4) is 11.3 Å². The molecule has 1 N–H and O–H groups in total. The van der Waals surface area contributed by atoms with E-state index in [2.05, 4.69) is 10.3 Å². The lowest BCUT2D eigenvalue weighted by atomic mass is 9.87. The Balaban J connectivity index is 1.96. The Bertz CT molecular complexity index is 1170. The van der Waals surface area contributed by atoms with Crippen LogP contribution in [0.5, 0.6) is 0 Å². The quantitative estimate of drug-likeness (QED) is 0.383. The molecule has 0 unspecified atom stereocenters. The SMILES string of the molecule is CC(C)(C)c1ccc(NC(=O)c2ccc(-c3ncccc3C(F)(F)F)cc2[N+](=O)[O-])cc1. The van der Waals surface area contributed by atoms with E-state index >= 15 is 0 Å². The van der Waals surface area contributed by atoms with Gasteiger partial charge >= 0.3 is 6.18 Å². The normalized spacial score (nSPS) is 11.8. The lowest BCUT2D eigenvalue weighted by molar-refractivity contribution is -0.385. The molecule has 0 aliphatic carbocycles. The predicted octanol–water partition coefficient (Wildman–Crippen LogP) is 6.23. The zero-order valence-corrected chi connectivity index (χ0v) is 17.5. The molecule has 0 saturated heterocycles. The average Bonchev–Trinajstić information content (AvgIpc) is 2.72. The highest BCUT2D eigenvalue weighted by atomic mass is 19.4. The summed E-state index contributed by atoms with van der Waals surface area (Å²) in [5.74, 6) is -0.746. The second-order valence-electron chi connectivity index (χ2n) is 8.17. The highest BCUT2D eigenvalue weighted by molar-refractivity contribution is 6.07. The number of aromatic nitrogens is 1. The second kappa shape index (κ2) is 8.41. The molecule has 1 heterocycles. The Morgan fingerprint density at radius 3 is 2.25 bits per heavy atom. The Morgan fingerprint density at radius 2 is 1.69 bits per heavy atom. The van der Waals surface area contributed by atoms with Gasteiger partial charge in [-0.25, -0.2) is 0 Å². The van der Waals surface area contributed by atoms with Gasteiger partial charge in [-0.2, -0.15) is 13.2 Å². The summed E-state index contributed by atoms with van der Waals surface area (Å²) in [6.07, 6.45) is -3.52. The van der Waals surface area contributed by atoms with Crippen molar-refractivity contribution < 1.29 is 22.9 Å². The molecule has 0 aliphatic heterocycles. The Labute approximate surface area is 182 Å². The van der Waals surface area contributed by atoms with Crippen molar-refractivity contribution in [3.05, 3.63) is 87.6 Å². The van der Waals surface area contributed by atoms with Gasteiger partial charge in [0, 0.05) is 23.5 Å². The number of rotatable bonds is 4. The smallest absolute Gasteiger partial charge is 0.322 e. The highest BCUT2D eigenvalue weighted by Gasteiger charge is 2.35. The maximum Gasteiger partial charge on any atom is 0.418 e. The van der Waals surface area contributed by atoms with Crippen molar-refractivity contribution in [2.24, 2.45) is 0 Å². The van der Waals surface area contributed by atoms with Crippen LogP contribution in [0, 0.1) is 10.1 Å². The summed E-state index contributed by atoms with van der Waals surface area (Å²) in [5, 5.41) is 14.2. The van der Waals surface area contributed by atoms with Crippen LogP contribution in [0.15, 0.2) is 60.8 Å². The number of hydrogen-bond acceptors (Lipinski definition) is 4. The molecule has 0 fully saturated rings. The zero-order valence-electron chi connectivity index (χ0n) is 17.5. The third kappa shape index (κ3) is 4.93. The van der Waals surface area contributed by atoms with Crippen molar-refractivity contribution in [2.45, 2.75) is 32.4 Å². The number of nitrogens with zero attached hydrogens (tertiary/aromatic N) is 2. The van der Waals surface area contributed by atoms with E-state index in [1.54, 1.807) is 12.1 Å². The molecular weight excluding hydrogens is 423 g/mol. The fourth-order valence-electron chi connectivity index (χ4n) is 3.14. The number of halogens is 3. The number of carbonyl (C=O) groups is 1. The van der Waals surface area contributed by atoms with Gasteiger partial charge in [0.25, 0.3) is 11.6 Å². The molecule has 166 valence electrons. The first kappa shape index (κ1) is 22.9. The number of carbonyl (C=O) groups excluding carboxylic acids is 1. The molecule has 0 atom stereocenters. The van der Waals surface area contributed by atoms with Crippen molar-refractivity contribution in [1.82, 2.24) is 4.98 Å². The van der Waals surface area contributed by atoms with Gasteiger partial charge in [-0.1, -0.05) is 39.0 Å². The topological polar surface area (TPSA) is 85.1 Å². The number of amides is 1. The van der Waals surface area contributed by atoms with Gasteiger partial charge in [0.1, 0.15) is 5.56 Å². The number of nitro benzene ring substituents is 1. The first-order chi connectivity index (χ1) is 14.9. The molecule has 32 heavy (non-hydrogen) atoms. The van der Waals surface area contributed by atoms with Gasteiger partial charge < -0.3 is 5.32 Å². The second-order valence-corrected chi connectivity index (χ2v) is 8.17. The molecule has 2 aromatic carbocycles. The number of benzene rings is 2. The lowest BCUT2D eigenvalue weighted by Crippen LogP contribution is -2.15. The molecular formula is C23H20F3N3O3. The molecule has 6 nitrogen and oxygen atoms in total. The maximum absolute atomic E-state index is 13.3. The molecule has 3 aromatic rings. The third-order valence-corrected chi connectivity index (χ3v) is 4.83. The fraction of sp³-hybridized carbons (Fsp3) is 0.217. The van der Waals surface area contributed by atoms with E-state index in [-0.39, 0.29) is 16.5 Å². The highest BCUT2D eigenvalue weighted by Crippen LogP contribution is 2.37. The number of alkyl halides is 3. The lowest BCUT2D eigenvalue weighted by Gasteiger charge is -2.19. The van der Waals surface area contributed by atoms with E-state index in [9.17, 15) is 28.1 Å². The van der Waals surface area contributed by atoms with Crippen LogP contribution in [0.3, 0.4) is 0 Å². The van der Waals surface area contributed by atoms with Crippen molar-refractivity contribution in [2.75, 3.05) is 5.32 Å². The molecule has 0 spiro atoms. The van der Waals surface area contributed by atoms with Gasteiger partial charge in [0.2, 0.25) is 0 Å². The number of nitrogens with one attached hydrogen (secondary N) is 1. The van der Waals surface area contributed by atoms with Crippen LogP contribution >= 0.6 is 0 Å². The van der Waals surface area contributed by atoms with Gasteiger partial charge in [0.05, 0.1) is 16.2 Å². The minimum atomic E-state index is -4.69. The zero-order chi connectivity index (χ0) is 23.7. The molecule has 0 aliphatic rings. The van der Waals surface area contributed by atoms with Crippen LogP contribution in [-0.4, -0.2) is 15.8 Å². The van der Waals surface area contributed by atoms with Gasteiger partial charge in [-0.15, -0.1) is 0 Å². The van der Waals surface area contributed by atoms with E-state index in [0.29, 0.717) is 5.69 Å². The largest absolute Gasteiger partial charge is 0.418 e. The van der Waals surface area contributed by atoms with E-state index < -0.39 is 34.0 Å². The summed E-state index contributed by atoms with van der Waals surface area (Å²) in [6.45, 7) is 6.12. The first-order valence-electron chi connectivity index (χ1n) is 9.61. The van der Waals surface area contributed by atoms with Gasteiger partial charge in [-0.05, 0) is 41.3 Å². The van der Waals surface area contributed by atoms with E-state index in [4.69, 9.17) is 0 Å². The summed E-state index contributed by atoms with van der Waals surface area (Å²) in [6, 6.07) is 12.3. The van der Waals surface area contributed by atoms with Crippen LogP contribution in [-0.2, 0) is 11.6 Å². The van der Waals surface area contributed by atoms with Crippen molar-refractivity contribution >= 4 is 17.3 Å². The summed E-state index contributed by atoms with van der Waals surface area (Å²) >= 11 is 0. The summed E-state index contributed by atoms with van der Waals surface area (Å²) in [5.41, 5.74) is -1.09. The van der Waals surface area contributed by atoms with Crippen LogP contribution in [0.25, 0.3) is 11.3 Å². The number of anilines is 1. The van der Waals surface area contributed by atoms with Gasteiger partial charge in [0.15, 0.2) is 0 Å². The fourth-order valence-corrected chi connectivity index (χ4v) is 3.14. The van der Waals surface area contributed by atoms with Crippen LogP contribution in [0.4, 0.5) is 24.5 Å². The Hall–Kier alpha value is -3.75. The molecule has 9 heteroatoms.